The van der Waals surface area contributed by atoms with Gasteiger partial charge in [0.25, 0.3) is 11.8 Å². The lowest BCUT2D eigenvalue weighted by atomic mass is 10.1. The fourth-order valence-electron chi connectivity index (χ4n) is 2.23. The second kappa shape index (κ2) is 4.38. The third-order valence-corrected chi connectivity index (χ3v) is 3.22. The molecular formula is C15H11NO4. The second-order valence-corrected chi connectivity index (χ2v) is 4.35. The van der Waals surface area contributed by atoms with E-state index in [1.807, 2.05) is 0 Å². The predicted molar refractivity (Wildman–Crippen MR) is 72.2 cm³/mol. The van der Waals surface area contributed by atoms with Gasteiger partial charge in [-0.05, 0) is 24.3 Å². The number of anilines is 1. The maximum Gasteiger partial charge on any atom is 0.266 e. The summed E-state index contributed by atoms with van der Waals surface area (Å²) in [5.41, 5.74) is 0.831. The van der Waals surface area contributed by atoms with Crippen molar-refractivity contribution in [3.8, 4) is 11.5 Å². The van der Waals surface area contributed by atoms with Gasteiger partial charge in [-0.15, -0.1) is 0 Å². The number of hydrogen-bond donors (Lipinski definition) is 1. The number of carbonyl (C=O) groups is 2. The van der Waals surface area contributed by atoms with Crippen LogP contribution in [-0.4, -0.2) is 24.0 Å². The molecule has 1 aliphatic rings. The van der Waals surface area contributed by atoms with Crippen molar-refractivity contribution in [1.29, 1.82) is 0 Å². The minimum absolute atomic E-state index is 0.150. The van der Waals surface area contributed by atoms with Gasteiger partial charge >= 0.3 is 0 Å². The van der Waals surface area contributed by atoms with Gasteiger partial charge in [0.15, 0.2) is 0 Å². The molecule has 0 atom stereocenters. The molecule has 1 N–H and O–H groups in total. The van der Waals surface area contributed by atoms with Crippen molar-refractivity contribution < 1.29 is 19.4 Å². The standard InChI is InChI=1S/C15H11NO4/c1-20-9-6-7-12(13(17)8-9)16-14(18)10-4-2-3-5-11(10)15(16)19/h2-8,17H,1H3. The first kappa shape index (κ1) is 12.2. The molecule has 20 heavy (non-hydrogen) atoms. The summed E-state index contributed by atoms with van der Waals surface area (Å²) in [6.45, 7) is 0. The summed E-state index contributed by atoms with van der Waals surface area (Å²) in [5.74, 6) is -0.612. The molecule has 1 aliphatic heterocycles. The lowest BCUT2D eigenvalue weighted by molar-refractivity contribution is 0.0925. The largest absolute Gasteiger partial charge is 0.506 e. The number of benzene rings is 2. The number of carbonyl (C=O) groups excluding carboxylic acids is 2. The van der Waals surface area contributed by atoms with Crippen molar-refractivity contribution in [3.63, 3.8) is 0 Å². The number of nitrogens with zero attached hydrogens (tertiary/aromatic N) is 1. The first-order chi connectivity index (χ1) is 9.63. The number of rotatable bonds is 2. The van der Waals surface area contributed by atoms with E-state index in [0.29, 0.717) is 16.9 Å². The lowest BCUT2D eigenvalue weighted by Gasteiger charge is -2.15. The van der Waals surface area contributed by atoms with Crippen LogP contribution >= 0.6 is 0 Å². The molecule has 0 saturated carbocycles. The molecule has 0 saturated heterocycles. The molecule has 2 aromatic rings. The van der Waals surface area contributed by atoms with Crippen LogP contribution in [0.5, 0.6) is 11.5 Å². The number of phenols is 1. The van der Waals surface area contributed by atoms with Gasteiger partial charge in [-0.25, -0.2) is 4.90 Å². The Bertz CT molecular complexity index is 689. The molecule has 5 nitrogen and oxygen atoms in total. The lowest BCUT2D eigenvalue weighted by Crippen LogP contribution is -2.29. The number of aromatic hydroxyl groups is 1. The molecule has 0 unspecified atom stereocenters. The third kappa shape index (κ3) is 1.64. The summed E-state index contributed by atoms with van der Waals surface area (Å²) >= 11 is 0. The first-order valence-electron chi connectivity index (χ1n) is 5.98. The predicted octanol–water partition coefficient (Wildman–Crippen LogP) is 2.20. The molecule has 0 spiro atoms. The van der Waals surface area contributed by atoms with Crippen LogP contribution in [0.3, 0.4) is 0 Å². The molecule has 0 fully saturated rings. The van der Waals surface area contributed by atoms with Gasteiger partial charge in [0.05, 0.1) is 23.9 Å². The van der Waals surface area contributed by atoms with Crippen molar-refractivity contribution >= 4 is 17.5 Å². The Kier molecular flexibility index (Phi) is 2.68. The highest BCUT2D eigenvalue weighted by Gasteiger charge is 2.37. The van der Waals surface area contributed by atoms with E-state index in [9.17, 15) is 14.7 Å². The Hall–Kier alpha value is -2.82. The molecule has 0 aromatic heterocycles. The van der Waals surface area contributed by atoms with Gasteiger partial charge in [-0.2, -0.15) is 0 Å². The number of fused-ring (bicyclic) bond motifs is 1. The van der Waals surface area contributed by atoms with Crippen molar-refractivity contribution in [1.82, 2.24) is 0 Å². The SMILES string of the molecule is COc1ccc(N2C(=O)c3ccccc3C2=O)c(O)c1. The molecular weight excluding hydrogens is 258 g/mol. The highest BCUT2D eigenvalue weighted by atomic mass is 16.5. The average Bonchev–Trinajstić information content (AvgIpc) is 2.72. The molecule has 100 valence electrons. The van der Waals surface area contributed by atoms with Crippen LogP contribution in [0.1, 0.15) is 20.7 Å². The van der Waals surface area contributed by atoms with E-state index >= 15 is 0 Å². The van der Waals surface area contributed by atoms with Crippen molar-refractivity contribution in [3.05, 3.63) is 53.6 Å². The Morgan fingerprint density at radius 2 is 1.60 bits per heavy atom. The third-order valence-electron chi connectivity index (χ3n) is 3.22. The zero-order valence-electron chi connectivity index (χ0n) is 10.7. The molecule has 3 rings (SSSR count). The molecule has 0 bridgehead atoms. The number of methoxy groups -OCH3 is 1. The van der Waals surface area contributed by atoms with Crippen LogP contribution in [0.2, 0.25) is 0 Å². The van der Waals surface area contributed by atoms with E-state index in [1.54, 1.807) is 30.3 Å². The smallest absolute Gasteiger partial charge is 0.266 e. The number of hydrogen-bond acceptors (Lipinski definition) is 4. The topological polar surface area (TPSA) is 66.8 Å². The summed E-state index contributed by atoms with van der Waals surface area (Å²) in [5, 5.41) is 9.97. The quantitative estimate of drug-likeness (QED) is 0.849. The minimum Gasteiger partial charge on any atom is -0.506 e. The van der Waals surface area contributed by atoms with Crippen LogP contribution in [-0.2, 0) is 0 Å². The molecule has 2 amide bonds. The fraction of sp³-hybridized carbons (Fsp3) is 0.0667. The number of ether oxygens (including phenoxy) is 1. The Morgan fingerprint density at radius 3 is 2.10 bits per heavy atom. The molecule has 0 radical (unpaired) electrons. The summed E-state index contributed by atoms with van der Waals surface area (Å²) in [7, 11) is 1.47. The highest BCUT2D eigenvalue weighted by molar-refractivity contribution is 6.34. The second-order valence-electron chi connectivity index (χ2n) is 4.35. The summed E-state index contributed by atoms with van der Waals surface area (Å²) in [4.78, 5) is 25.5. The minimum atomic E-state index is -0.439. The van der Waals surface area contributed by atoms with E-state index in [4.69, 9.17) is 4.74 Å². The zero-order chi connectivity index (χ0) is 14.3. The maximum atomic E-state index is 12.3. The summed E-state index contributed by atoms with van der Waals surface area (Å²) < 4.78 is 4.98. The first-order valence-corrected chi connectivity index (χ1v) is 5.98. The molecule has 0 aliphatic carbocycles. The number of imide groups is 1. The zero-order valence-corrected chi connectivity index (χ0v) is 10.7. The van der Waals surface area contributed by atoms with Crippen molar-refractivity contribution in [2.75, 3.05) is 12.0 Å². The van der Waals surface area contributed by atoms with Crippen LogP contribution < -0.4 is 9.64 Å². The Balaban J connectivity index is 2.09. The van der Waals surface area contributed by atoms with Gasteiger partial charge in [-0.3, -0.25) is 9.59 Å². The fourth-order valence-corrected chi connectivity index (χ4v) is 2.23. The van der Waals surface area contributed by atoms with Gasteiger partial charge in [0.2, 0.25) is 0 Å². The maximum absolute atomic E-state index is 12.3. The van der Waals surface area contributed by atoms with E-state index in [0.717, 1.165) is 4.90 Å². The van der Waals surface area contributed by atoms with Crippen LogP contribution in [0.15, 0.2) is 42.5 Å². The van der Waals surface area contributed by atoms with Crippen molar-refractivity contribution in [2.24, 2.45) is 0 Å². The van der Waals surface area contributed by atoms with Gasteiger partial charge in [-0.1, -0.05) is 12.1 Å². The Labute approximate surface area is 115 Å². The molecule has 5 heteroatoms. The monoisotopic (exact) mass is 269 g/mol. The van der Waals surface area contributed by atoms with Crippen LogP contribution in [0.4, 0.5) is 5.69 Å². The van der Waals surface area contributed by atoms with Crippen LogP contribution in [0.25, 0.3) is 0 Å². The van der Waals surface area contributed by atoms with Gasteiger partial charge in [0, 0.05) is 6.07 Å². The number of amides is 2. The van der Waals surface area contributed by atoms with E-state index < -0.39 is 11.8 Å². The summed E-state index contributed by atoms with van der Waals surface area (Å²) in [6.07, 6.45) is 0. The summed E-state index contributed by atoms with van der Waals surface area (Å²) in [6, 6.07) is 11.0. The van der Waals surface area contributed by atoms with Gasteiger partial charge < -0.3 is 9.84 Å². The van der Waals surface area contributed by atoms with E-state index in [2.05, 4.69) is 0 Å². The van der Waals surface area contributed by atoms with Gasteiger partial charge in [0.1, 0.15) is 11.5 Å². The highest BCUT2D eigenvalue weighted by Crippen LogP contribution is 2.36. The number of phenolic OH excluding ortho intramolecular Hbond substituents is 1. The molecule has 2 aromatic carbocycles. The normalized spacial score (nSPS) is 13.6. The average molecular weight is 269 g/mol. The van der Waals surface area contributed by atoms with E-state index in [1.165, 1.54) is 19.2 Å². The Morgan fingerprint density at radius 1 is 1.00 bits per heavy atom. The van der Waals surface area contributed by atoms with Crippen LogP contribution in [0, 0.1) is 0 Å². The molecule has 1 heterocycles. The van der Waals surface area contributed by atoms with E-state index in [-0.39, 0.29) is 11.4 Å². The van der Waals surface area contributed by atoms with Crippen molar-refractivity contribution in [2.45, 2.75) is 0 Å².